The minimum absolute atomic E-state index is 0.00815. The number of carbonyl (C=O) groups excluding carboxylic acids is 4. The highest BCUT2D eigenvalue weighted by atomic mass is 16.7. The predicted octanol–water partition coefficient (Wildman–Crippen LogP) is 4.59. The van der Waals surface area contributed by atoms with Gasteiger partial charge < -0.3 is 29.4 Å². The Balaban J connectivity index is 3.28. The first-order valence-electron chi connectivity index (χ1n) is 12.6. The van der Waals surface area contributed by atoms with Crippen molar-refractivity contribution in [2.75, 3.05) is 13.7 Å². The second kappa shape index (κ2) is 13.1. The van der Waals surface area contributed by atoms with E-state index in [-0.39, 0.29) is 36.9 Å². The minimum Gasteiger partial charge on any atom is -0.468 e. The number of methoxy groups -OCH3 is 1. The fraction of sp³-hybridized carbons (Fsp3) is 0.643. The van der Waals surface area contributed by atoms with Gasteiger partial charge in [0.1, 0.15) is 11.6 Å². The van der Waals surface area contributed by atoms with Gasteiger partial charge in [0.15, 0.2) is 11.5 Å². The summed E-state index contributed by atoms with van der Waals surface area (Å²) in [5, 5.41) is 0. The third-order valence-corrected chi connectivity index (χ3v) is 5.23. The molecule has 1 rings (SSSR count). The molecule has 2 atom stereocenters. The lowest BCUT2D eigenvalue weighted by molar-refractivity contribution is -0.148. The number of ether oxygens (including phenoxy) is 5. The zero-order valence-corrected chi connectivity index (χ0v) is 24.3. The Labute approximate surface area is 225 Å². The fourth-order valence-corrected chi connectivity index (χ4v) is 3.12. The van der Waals surface area contributed by atoms with Gasteiger partial charge >= 0.3 is 24.1 Å². The Hall–Kier alpha value is -3.14. The summed E-state index contributed by atoms with van der Waals surface area (Å²) in [5.41, 5.74) is 3.75. The molecule has 1 unspecified atom stereocenters. The molecule has 0 aromatic heterocycles. The summed E-state index contributed by atoms with van der Waals surface area (Å²) in [5.74, 6) is -1.59. The Kier molecular flexibility index (Phi) is 11.3. The van der Waals surface area contributed by atoms with E-state index in [0.29, 0.717) is 5.56 Å². The molecule has 0 aliphatic carbocycles. The number of carbonyl (C=O) groups is 4. The predicted molar refractivity (Wildman–Crippen MR) is 141 cm³/mol. The van der Waals surface area contributed by atoms with Gasteiger partial charge in [0, 0.05) is 12.8 Å². The first-order valence-corrected chi connectivity index (χ1v) is 12.6. The van der Waals surface area contributed by atoms with E-state index >= 15 is 0 Å². The molecule has 10 nitrogen and oxygen atoms in total. The molecule has 2 N–H and O–H groups in total. The summed E-state index contributed by atoms with van der Waals surface area (Å²) in [6.45, 7) is 15.7. The van der Waals surface area contributed by atoms with Gasteiger partial charge in [-0.15, -0.1) is 0 Å². The van der Waals surface area contributed by atoms with Gasteiger partial charge in [-0.3, -0.25) is 14.4 Å². The standard InChI is InChI=1S/C28H43NO9/c1-17(2)16-35-25(33)36-18(3)14-28(29,24(32)34-10)15-19-11-12-20(37-22(30)26(4,5)6)21(13-19)38-23(31)27(7,8)9/h11-13,17-18H,14-16,29H2,1-10H3/t18-,28?/m0/s1. The van der Waals surface area contributed by atoms with Crippen LogP contribution >= 0.6 is 0 Å². The van der Waals surface area contributed by atoms with Crippen LogP contribution in [0.3, 0.4) is 0 Å². The quantitative estimate of drug-likeness (QED) is 0.333. The molecule has 0 radical (unpaired) electrons. The average Bonchev–Trinajstić information content (AvgIpc) is 2.77. The molecule has 0 fully saturated rings. The number of hydrogen-bond acceptors (Lipinski definition) is 10. The Morgan fingerprint density at radius 3 is 1.84 bits per heavy atom. The smallest absolute Gasteiger partial charge is 0.468 e. The van der Waals surface area contributed by atoms with Crippen LogP contribution in [0.25, 0.3) is 0 Å². The lowest BCUT2D eigenvalue weighted by atomic mass is 9.86. The lowest BCUT2D eigenvalue weighted by Crippen LogP contribution is -2.53. The summed E-state index contributed by atoms with van der Waals surface area (Å²) >= 11 is 0. The van der Waals surface area contributed by atoms with Gasteiger partial charge in [-0.2, -0.15) is 0 Å². The molecule has 1 aromatic rings. The van der Waals surface area contributed by atoms with E-state index in [2.05, 4.69) is 0 Å². The number of rotatable bonds is 10. The Morgan fingerprint density at radius 2 is 1.37 bits per heavy atom. The van der Waals surface area contributed by atoms with Crippen LogP contribution in [0.15, 0.2) is 18.2 Å². The van der Waals surface area contributed by atoms with Gasteiger partial charge in [-0.1, -0.05) is 19.9 Å². The van der Waals surface area contributed by atoms with Gasteiger partial charge in [0.25, 0.3) is 0 Å². The van der Waals surface area contributed by atoms with E-state index in [1.165, 1.54) is 19.2 Å². The molecule has 0 spiro atoms. The van der Waals surface area contributed by atoms with Crippen LogP contribution in [0.4, 0.5) is 4.79 Å². The fourth-order valence-electron chi connectivity index (χ4n) is 3.12. The van der Waals surface area contributed by atoms with Crippen molar-refractivity contribution < 1.29 is 42.9 Å². The first-order chi connectivity index (χ1) is 17.3. The second-order valence-electron chi connectivity index (χ2n) is 12.0. The summed E-state index contributed by atoms with van der Waals surface area (Å²) in [7, 11) is 1.21. The van der Waals surface area contributed by atoms with Crippen LogP contribution in [-0.2, 0) is 35.0 Å². The van der Waals surface area contributed by atoms with Crippen LogP contribution in [0, 0.1) is 16.7 Å². The van der Waals surface area contributed by atoms with Crippen molar-refractivity contribution in [1.29, 1.82) is 0 Å². The molecule has 0 amide bonds. The molecule has 0 heterocycles. The molecule has 0 aliphatic rings. The van der Waals surface area contributed by atoms with E-state index in [1.807, 2.05) is 13.8 Å². The largest absolute Gasteiger partial charge is 0.508 e. The molecule has 10 heteroatoms. The van der Waals surface area contributed by atoms with Gasteiger partial charge in [0.05, 0.1) is 24.5 Å². The number of esters is 3. The summed E-state index contributed by atoms with van der Waals surface area (Å²) in [6.07, 6.45) is -1.76. The van der Waals surface area contributed by atoms with Crippen LogP contribution in [-0.4, -0.2) is 49.4 Å². The SMILES string of the molecule is COC(=O)C(N)(Cc1ccc(OC(=O)C(C)(C)C)c(OC(=O)C(C)(C)C)c1)C[C@H](C)OC(=O)OCC(C)C. The van der Waals surface area contributed by atoms with Gasteiger partial charge in [-0.05, 0) is 72.1 Å². The highest BCUT2D eigenvalue weighted by Gasteiger charge is 2.39. The lowest BCUT2D eigenvalue weighted by Gasteiger charge is -2.29. The second-order valence-corrected chi connectivity index (χ2v) is 12.0. The van der Waals surface area contributed by atoms with Gasteiger partial charge in [0.2, 0.25) is 0 Å². The van der Waals surface area contributed by atoms with Crippen molar-refractivity contribution in [1.82, 2.24) is 0 Å². The monoisotopic (exact) mass is 537 g/mol. The van der Waals surface area contributed by atoms with E-state index in [4.69, 9.17) is 29.4 Å². The zero-order valence-electron chi connectivity index (χ0n) is 24.3. The van der Waals surface area contributed by atoms with Crippen molar-refractivity contribution in [3.8, 4) is 11.5 Å². The molecule has 0 aliphatic heterocycles. The average molecular weight is 538 g/mol. The van der Waals surface area contributed by atoms with E-state index in [9.17, 15) is 19.2 Å². The van der Waals surface area contributed by atoms with Crippen molar-refractivity contribution in [3.63, 3.8) is 0 Å². The van der Waals surface area contributed by atoms with Crippen molar-refractivity contribution in [2.24, 2.45) is 22.5 Å². The van der Waals surface area contributed by atoms with Crippen molar-refractivity contribution in [2.45, 2.75) is 86.8 Å². The van der Waals surface area contributed by atoms with E-state index < -0.39 is 46.5 Å². The van der Waals surface area contributed by atoms with E-state index in [0.717, 1.165) is 0 Å². The number of benzene rings is 1. The molecule has 38 heavy (non-hydrogen) atoms. The molecule has 214 valence electrons. The van der Waals surface area contributed by atoms with Crippen LogP contribution in [0.1, 0.15) is 74.3 Å². The molecule has 0 saturated carbocycles. The number of nitrogens with two attached hydrogens (primary N) is 1. The van der Waals surface area contributed by atoms with Gasteiger partial charge in [-0.25, -0.2) is 4.79 Å². The minimum atomic E-state index is -1.60. The van der Waals surface area contributed by atoms with Crippen LogP contribution in [0.2, 0.25) is 0 Å². The van der Waals surface area contributed by atoms with Crippen LogP contribution in [0.5, 0.6) is 11.5 Å². The molecule has 0 saturated heterocycles. The third-order valence-electron chi connectivity index (χ3n) is 5.23. The topological polar surface area (TPSA) is 140 Å². The number of hydrogen-bond donors (Lipinski definition) is 1. The summed E-state index contributed by atoms with van der Waals surface area (Å²) in [4.78, 5) is 49.8. The molecule has 0 bridgehead atoms. The molecule has 1 aromatic carbocycles. The maximum atomic E-state index is 12.7. The van der Waals surface area contributed by atoms with E-state index in [1.54, 1.807) is 54.5 Å². The highest BCUT2D eigenvalue weighted by molar-refractivity contribution is 5.82. The summed E-state index contributed by atoms with van der Waals surface area (Å²) in [6, 6.07) is 4.57. The van der Waals surface area contributed by atoms with Crippen LogP contribution < -0.4 is 15.2 Å². The third kappa shape index (κ3) is 10.3. The van der Waals surface area contributed by atoms with Crippen molar-refractivity contribution in [3.05, 3.63) is 23.8 Å². The maximum absolute atomic E-state index is 12.7. The molecular formula is C28H43NO9. The Bertz CT molecular complexity index is 1000. The van der Waals surface area contributed by atoms with Crippen molar-refractivity contribution >= 4 is 24.1 Å². The highest BCUT2D eigenvalue weighted by Crippen LogP contribution is 2.34. The first kappa shape index (κ1) is 32.9. The Morgan fingerprint density at radius 1 is 0.842 bits per heavy atom. The summed E-state index contributed by atoms with van der Waals surface area (Å²) < 4.78 is 26.3. The normalized spacial score (nSPS) is 14.2. The zero-order chi connectivity index (χ0) is 29.5. The maximum Gasteiger partial charge on any atom is 0.508 e. The molecular weight excluding hydrogens is 494 g/mol.